The number of nitrogens with zero attached hydrogens (tertiary/aromatic N) is 4. The molecule has 2 aliphatic rings. The van der Waals surface area contributed by atoms with E-state index in [4.69, 9.17) is 0 Å². The fourth-order valence-corrected chi connectivity index (χ4v) is 4.51. The molecular formula is C24H33N5O. The van der Waals surface area contributed by atoms with Crippen LogP contribution in [0.15, 0.2) is 48.8 Å². The fourth-order valence-electron chi connectivity index (χ4n) is 4.51. The van der Waals surface area contributed by atoms with E-state index in [9.17, 15) is 4.79 Å². The van der Waals surface area contributed by atoms with Crippen molar-refractivity contribution in [1.29, 1.82) is 0 Å². The Hall–Kier alpha value is -2.44. The lowest BCUT2D eigenvalue weighted by Gasteiger charge is -2.35. The second-order valence-corrected chi connectivity index (χ2v) is 8.40. The number of rotatable bonds is 6. The molecule has 4 rings (SSSR count). The van der Waals surface area contributed by atoms with E-state index in [1.807, 2.05) is 24.4 Å². The summed E-state index contributed by atoms with van der Waals surface area (Å²) in [5.74, 6) is 0.172. The number of aromatic nitrogens is 1. The van der Waals surface area contributed by atoms with Gasteiger partial charge >= 0.3 is 0 Å². The zero-order valence-electron chi connectivity index (χ0n) is 18.0. The Labute approximate surface area is 179 Å². The van der Waals surface area contributed by atoms with Gasteiger partial charge in [0.2, 0.25) is 5.91 Å². The molecule has 6 nitrogen and oxygen atoms in total. The number of anilines is 2. The van der Waals surface area contributed by atoms with Crippen molar-refractivity contribution in [1.82, 2.24) is 14.8 Å². The first-order chi connectivity index (χ1) is 14.7. The molecule has 0 radical (unpaired) electrons. The summed E-state index contributed by atoms with van der Waals surface area (Å²) in [6, 6.07) is 12.4. The number of carbonyl (C=O) groups is 1. The quantitative estimate of drug-likeness (QED) is 0.798. The van der Waals surface area contributed by atoms with Crippen molar-refractivity contribution < 1.29 is 4.79 Å². The second-order valence-electron chi connectivity index (χ2n) is 8.40. The molecule has 0 bridgehead atoms. The zero-order chi connectivity index (χ0) is 20.8. The Bertz CT molecular complexity index is 819. The molecule has 1 aromatic carbocycles. The molecule has 3 heterocycles. The molecule has 1 atom stereocenters. The minimum atomic E-state index is 0.0344. The summed E-state index contributed by atoms with van der Waals surface area (Å²) in [6.07, 6.45) is 5.72. The average molecular weight is 408 g/mol. The number of nitrogens with one attached hydrogen (secondary N) is 1. The van der Waals surface area contributed by atoms with Crippen molar-refractivity contribution in [3.63, 3.8) is 0 Å². The fraction of sp³-hybridized carbons (Fsp3) is 0.500. The van der Waals surface area contributed by atoms with Crippen molar-refractivity contribution >= 4 is 17.3 Å². The van der Waals surface area contributed by atoms with Crippen LogP contribution in [0.25, 0.3) is 0 Å². The molecule has 30 heavy (non-hydrogen) atoms. The molecule has 0 aliphatic carbocycles. The number of hydrogen-bond donors (Lipinski definition) is 1. The first-order valence-corrected chi connectivity index (χ1v) is 11.2. The summed E-state index contributed by atoms with van der Waals surface area (Å²) < 4.78 is 0. The Morgan fingerprint density at radius 1 is 1.10 bits per heavy atom. The average Bonchev–Trinajstić information content (AvgIpc) is 2.80. The number of piperidine rings is 1. The van der Waals surface area contributed by atoms with Crippen molar-refractivity contribution in [2.75, 3.05) is 56.0 Å². The predicted octanol–water partition coefficient (Wildman–Crippen LogP) is 3.07. The largest absolute Gasteiger partial charge is 0.369 e. The van der Waals surface area contributed by atoms with E-state index in [0.29, 0.717) is 0 Å². The van der Waals surface area contributed by atoms with Gasteiger partial charge in [0.05, 0.1) is 5.92 Å². The van der Waals surface area contributed by atoms with Crippen molar-refractivity contribution in [3.05, 3.63) is 54.4 Å². The standard InChI is InChI=1S/C24H33N5O/c1-2-27-12-14-29(15-13-27)23-9-3-8-22(16-23)26-24(30)21-7-5-11-28(19-21)18-20-6-4-10-25-17-20/h3-4,6,8-10,16-17,21H,2,5,7,11-15,18-19H2,1H3,(H,26,30). The highest BCUT2D eigenvalue weighted by Crippen LogP contribution is 2.24. The molecule has 2 aromatic rings. The third kappa shape index (κ3) is 5.37. The third-order valence-electron chi connectivity index (χ3n) is 6.30. The Balaban J connectivity index is 1.33. The lowest BCUT2D eigenvalue weighted by atomic mass is 9.96. The van der Waals surface area contributed by atoms with Gasteiger partial charge in [0.15, 0.2) is 0 Å². The maximum atomic E-state index is 13.0. The third-order valence-corrected chi connectivity index (χ3v) is 6.30. The van der Waals surface area contributed by atoms with Gasteiger partial charge in [-0.3, -0.25) is 14.7 Å². The first-order valence-electron chi connectivity index (χ1n) is 11.2. The van der Waals surface area contributed by atoms with Gasteiger partial charge < -0.3 is 15.1 Å². The van der Waals surface area contributed by atoms with Gasteiger partial charge in [0, 0.05) is 63.0 Å². The SMILES string of the molecule is CCN1CCN(c2cccc(NC(=O)C3CCCN(Cc4cccnc4)C3)c2)CC1. The van der Waals surface area contributed by atoms with E-state index in [1.165, 1.54) is 11.3 Å². The van der Waals surface area contributed by atoms with E-state index < -0.39 is 0 Å². The van der Waals surface area contributed by atoms with Crippen LogP contribution in [-0.4, -0.2) is 66.5 Å². The van der Waals surface area contributed by atoms with Crippen LogP contribution in [0.2, 0.25) is 0 Å². The van der Waals surface area contributed by atoms with E-state index in [0.717, 1.165) is 70.9 Å². The van der Waals surface area contributed by atoms with Crippen LogP contribution in [0.3, 0.4) is 0 Å². The van der Waals surface area contributed by atoms with Crippen LogP contribution in [0.1, 0.15) is 25.3 Å². The summed E-state index contributed by atoms with van der Waals surface area (Å²) in [6.45, 7) is 10.3. The van der Waals surface area contributed by atoms with E-state index >= 15 is 0 Å². The van der Waals surface area contributed by atoms with Crippen LogP contribution >= 0.6 is 0 Å². The van der Waals surface area contributed by atoms with Crippen LogP contribution in [0, 0.1) is 5.92 Å². The summed E-state index contributed by atoms with van der Waals surface area (Å²) in [5, 5.41) is 3.18. The highest BCUT2D eigenvalue weighted by atomic mass is 16.1. The smallest absolute Gasteiger partial charge is 0.228 e. The molecular weight excluding hydrogens is 374 g/mol. The number of amides is 1. The molecule has 0 spiro atoms. The molecule has 1 aromatic heterocycles. The normalized spacial score (nSPS) is 20.8. The van der Waals surface area contributed by atoms with Gasteiger partial charge in [-0.15, -0.1) is 0 Å². The van der Waals surface area contributed by atoms with Crippen molar-refractivity contribution in [2.45, 2.75) is 26.3 Å². The summed E-state index contributed by atoms with van der Waals surface area (Å²) in [7, 11) is 0. The van der Waals surface area contributed by atoms with Gasteiger partial charge in [-0.2, -0.15) is 0 Å². The van der Waals surface area contributed by atoms with Gasteiger partial charge in [-0.25, -0.2) is 0 Å². The van der Waals surface area contributed by atoms with E-state index in [2.05, 4.69) is 50.1 Å². The van der Waals surface area contributed by atoms with Crippen LogP contribution < -0.4 is 10.2 Å². The molecule has 1 amide bonds. The molecule has 1 unspecified atom stereocenters. The lowest BCUT2D eigenvalue weighted by molar-refractivity contribution is -0.121. The molecule has 2 aliphatic heterocycles. The van der Waals surface area contributed by atoms with E-state index in [-0.39, 0.29) is 11.8 Å². The summed E-state index contributed by atoms with van der Waals surface area (Å²) >= 11 is 0. The maximum absolute atomic E-state index is 13.0. The minimum absolute atomic E-state index is 0.0344. The molecule has 0 saturated carbocycles. The maximum Gasteiger partial charge on any atom is 0.228 e. The van der Waals surface area contributed by atoms with Gasteiger partial charge in [-0.1, -0.05) is 19.1 Å². The van der Waals surface area contributed by atoms with Gasteiger partial charge in [0.1, 0.15) is 0 Å². The highest BCUT2D eigenvalue weighted by molar-refractivity contribution is 5.93. The molecule has 2 fully saturated rings. The summed E-state index contributed by atoms with van der Waals surface area (Å²) in [5.41, 5.74) is 3.31. The summed E-state index contributed by atoms with van der Waals surface area (Å²) in [4.78, 5) is 24.4. The number of benzene rings is 1. The topological polar surface area (TPSA) is 51.7 Å². The van der Waals surface area contributed by atoms with Crippen molar-refractivity contribution in [3.8, 4) is 0 Å². The number of hydrogen-bond acceptors (Lipinski definition) is 5. The van der Waals surface area contributed by atoms with Crippen LogP contribution in [0.4, 0.5) is 11.4 Å². The first kappa shape index (κ1) is 20.8. The lowest BCUT2D eigenvalue weighted by Crippen LogP contribution is -2.46. The Morgan fingerprint density at radius 3 is 2.73 bits per heavy atom. The van der Waals surface area contributed by atoms with Crippen LogP contribution in [0.5, 0.6) is 0 Å². The van der Waals surface area contributed by atoms with Gasteiger partial charge in [-0.05, 0) is 55.8 Å². The number of carbonyl (C=O) groups excluding carboxylic acids is 1. The number of likely N-dealkylation sites (N-methyl/N-ethyl adjacent to an activating group) is 1. The number of pyridine rings is 1. The molecule has 2 saturated heterocycles. The Morgan fingerprint density at radius 2 is 1.97 bits per heavy atom. The Kier molecular flexibility index (Phi) is 6.97. The van der Waals surface area contributed by atoms with Crippen molar-refractivity contribution in [2.24, 2.45) is 5.92 Å². The monoisotopic (exact) mass is 407 g/mol. The molecule has 1 N–H and O–H groups in total. The molecule has 160 valence electrons. The highest BCUT2D eigenvalue weighted by Gasteiger charge is 2.26. The van der Waals surface area contributed by atoms with E-state index in [1.54, 1.807) is 6.20 Å². The zero-order valence-corrected chi connectivity index (χ0v) is 18.0. The van der Waals surface area contributed by atoms with Gasteiger partial charge in [0.25, 0.3) is 0 Å². The predicted molar refractivity (Wildman–Crippen MR) is 122 cm³/mol. The minimum Gasteiger partial charge on any atom is -0.369 e. The van der Waals surface area contributed by atoms with Crippen LogP contribution in [-0.2, 0) is 11.3 Å². The number of likely N-dealkylation sites (tertiary alicyclic amines) is 1. The second kappa shape index (κ2) is 10.0. The molecule has 6 heteroatoms. The number of piperazine rings is 1.